The van der Waals surface area contributed by atoms with E-state index in [-0.39, 0.29) is 0 Å². The summed E-state index contributed by atoms with van der Waals surface area (Å²) in [6.45, 7) is 0.976. The van der Waals surface area contributed by atoms with Crippen LogP contribution in [0, 0.1) is 11.3 Å². The third-order valence-corrected chi connectivity index (χ3v) is 3.73. The van der Waals surface area contributed by atoms with Crippen LogP contribution in [0.25, 0.3) is 6.08 Å². The SMILES string of the molecule is N#Cc1ccc(NCCCCC/C=C/C=C/c2ccccc2)cc1. The highest BCUT2D eigenvalue weighted by molar-refractivity contribution is 5.50. The third kappa shape index (κ3) is 6.98. The second kappa shape index (κ2) is 10.9. The topological polar surface area (TPSA) is 35.8 Å². The number of unbranched alkanes of at least 4 members (excludes halogenated alkanes) is 3. The van der Waals surface area contributed by atoms with E-state index in [1.165, 1.54) is 18.4 Å². The Kier molecular flexibility index (Phi) is 7.94. The van der Waals surface area contributed by atoms with Crippen LogP contribution >= 0.6 is 0 Å². The van der Waals surface area contributed by atoms with Crippen LogP contribution in [0.4, 0.5) is 5.69 Å². The highest BCUT2D eigenvalue weighted by atomic mass is 14.9. The van der Waals surface area contributed by atoms with Crippen molar-refractivity contribution in [3.8, 4) is 6.07 Å². The van der Waals surface area contributed by atoms with E-state index in [1.807, 2.05) is 30.3 Å². The van der Waals surface area contributed by atoms with Crippen molar-refractivity contribution in [2.24, 2.45) is 0 Å². The number of benzene rings is 2. The molecule has 2 aromatic carbocycles. The fourth-order valence-corrected chi connectivity index (χ4v) is 2.36. The van der Waals surface area contributed by atoms with Gasteiger partial charge >= 0.3 is 0 Å². The Morgan fingerprint density at radius 3 is 2.42 bits per heavy atom. The fourth-order valence-electron chi connectivity index (χ4n) is 2.36. The third-order valence-electron chi connectivity index (χ3n) is 3.73. The van der Waals surface area contributed by atoms with Crippen molar-refractivity contribution in [1.82, 2.24) is 0 Å². The van der Waals surface area contributed by atoms with Gasteiger partial charge in [0.2, 0.25) is 0 Å². The van der Waals surface area contributed by atoms with E-state index >= 15 is 0 Å². The van der Waals surface area contributed by atoms with E-state index in [0.717, 1.165) is 25.1 Å². The summed E-state index contributed by atoms with van der Waals surface area (Å²) in [4.78, 5) is 0. The lowest BCUT2D eigenvalue weighted by Gasteiger charge is -2.05. The number of nitriles is 1. The molecule has 24 heavy (non-hydrogen) atoms. The van der Waals surface area contributed by atoms with Gasteiger partial charge in [-0.1, -0.05) is 61.1 Å². The van der Waals surface area contributed by atoms with Crippen molar-refractivity contribution in [2.45, 2.75) is 25.7 Å². The van der Waals surface area contributed by atoms with Gasteiger partial charge in [0, 0.05) is 12.2 Å². The lowest BCUT2D eigenvalue weighted by atomic mass is 10.1. The van der Waals surface area contributed by atoms with Crippen molar-refractivity contribution in [1.29, 1.82) is 5.26 Å². The van der Waals surface area contributed by atoms with Gasteiger partial charge in [0.25, 0.3) is 0 Å². The molecule has 0 saturated heterocycles. The summed E-state index contributed by atoms with van der Waals surface area (Å²) in [7, 11) is 0. The molecule has 0 unspecified atom stereocenters. The maximum absolute atomic E-state index is 8.76. The van der Waals surface area contributed by atoms with Crippen LogP contribution in [-0.2, 0) is 0 Å². The molecule has 0 heterocycles. The maximum Gasteiger partial charge on any atom is 0.0991 e. The summed E-state index contributed by atoms with van der Waals surface area (Å²) in [5.74, 6) is 0. The predicted octanol–water partition coefficient (Wildman–Crippen LogP) is 5.80. The normalized spacial score (nSPS) is 11.0. The van der Waals surface area contributed by atoms with Crippen LogP contribution in [0.2, 0.25) is 0 Å². The minimum atomic E-state index is 0.702. The number of nitrogens with zero attached hydrogens (tertiary/aromatic N) is 1. The summed E-state index contributed by atoms with van der Waals surface area (Å²) < 4.78 is 0. The highest BCUT2D eigenvalue weighted by Gasteiger charge is 1.93. The summed E-state index contributed by atoms with van der Waals surface area (Å²) in [6.07, 6.45) is 13.3. The van der Waals surface area contributed by atoms with E-state index in [4.69, 9.17) is 5.26 Å². The van der Waals surface area contributed by atoms with Gasteiger partial charge in [-0.3, -0.25) is 0 Å². The van der Waals surface area contributed by atoms with Gasteiger partial charge in [0.15, 0.2) is 0 Å². The molecule has 0 spiro atoms. The molecule has 2 nitrogen and oxygen atoms in total. The van der Waals surface area contributed by atoms with Gasteiger partial charge in [-0.25, -0.2) is 0 Å². The van der Waals surface area contributed by atoms with Crippen molar-refractivity contribution in [3.63, 3.8) is 0 Å². The molecule has 0 aliphatic heterocycles. The lowest BCUT2D eigenvalue weighted by Crippen LogP contribution is -2.00. The van der Waals surface area contributed by atoms with E-state index < -0.39 is 0 Å². The van der Waals surface area contributed by atoms with E-state index in [2.05, 4.69) is 60.0 Å². The first-order valence-corrected chi connectivity index (χ1v) is 8.51. The van der Waals surface area contributed by atoms with Gasteiger partial charge < -0.3 is 5.32 Å². The molecule has 0 aliphatic rings. The van der Waals surface area contributed by atoms with Gasteiger partial charge in [0.05, 0.1) is 11.6 Å². The second-order valence-corrected chi connectivity index (χ2v) is 5.66. The van der Waals surface area contributed by atoms with Crippen LogP contribution in [-0.4, -0.2) is 6.54 Å². The average Bonchev–Trinajstić information content (AvgIpc) is 2.64. The fraction of sp³-hybridized carbons (Fsp3) is 0.227. The van der Waals surface area contributed by atoms with Crippen LogP contribution < -0.4 is 5.32 Å². The summed E-state index contributed by atoms with van der Waals surface area (Å²) in [5, 5.41) is 12.1. The van der Waals surface area contributed by atoms with E-state index in [1.54, 1.807) is 0 Å². The molecule has 0 saturated carbocycles. The Hall–Kier alpha value is -2.79. The first kappa shape index (κ1) is 17.6. The minimum absolute atomic E-state index is 0.702. The largest absolute Gasteiger partial charge is 0.385 e. The van der Waals surface area contributed by atoms with Crippen LogP contribution in [0.15, 0.2) is 72.8 Å². The molecule has 1 N–H and O–H groups in total. The van der Waals surface area contributed by atoms with E-state index in [0.29, 0.717) is 5.56 Å². The molecule has 0 bridgehead atoms. The Morgan fingerprint density at radius 2 is 1.67 bits per heavy atom. The first-order valence-electron chi connectivity index (χ1n) is 8.51. The molecule has 0 amide bonds. The van der Waals surface area contributed by atoms with Crippen molar-refractivity contribution < 1.29 is 0 Å². The quantitative estimate of drug-likeness (QED) is 0.469. The molecule has 0 fully saturated rings. The van der Waals surface area contributed by atoms with Crippen LogP contribution in [0.3, 0.4) is 0 Å². The molecule has 122 valence electrons. The zero-order valence-corrected chi connectivity index (χ0v) is 14.0. The lowest BCUT2D eigenvalue weighted by molar-refractivity contribution is 0.708. The molecular weight excluding hydrogens is 292 g/mol. The summed E-state index contributed by atoms with van der Waals surface area (Å²) in [6, 6.07) is 20.1. The van der Waals surface area contributed by atoms with Gasteiger partial charge in [-0.2, -0.15) is 5.26 Å². The number of nitrogens with one attached hydrogen (secondary N) is 1. The molecule has 0 atom stereocenters. The number of anilines is 1. The first-order chi connectivity index (χ1) is 11.9. The number of allylic oxidation sites excluding steroid dienone is 3. The Morgan fingerprint density at radius 1 is 0.875 bits per heavy atom. The van der Waals surface area contributed by atoms with Crippen molar-refractivity contribution in [3.05, 3.63) is 84.0 Å². The van der Waals surface area contributed by atoms with Gasteiger partial charge in [-0.05, 0) is 49.1 Å². The molecular formula is C22H24N2. The zero-order valence-electron chi connectivity index (χ0n) is 14.0. The predicted molar refractivity (Wildman–Crippen MR) is 103 cm³/mol. The second-order valence-electron chi connectivity index (χ2n) is 5.66. The Bertz CT molecular complexity index is 676. The standard InChI is InChI=1S/C22H24N2/c23-19-21-14-16-22(17-15-21)24-18-10-5-3-1-2-4-7-11-20-12-8-6-9-13-20/h2,4,6-9,11-17,24H,1,3,5,10,18H2/b4-2+,11-7+. The van der Waals surface area contributed by atoms with E-state index in [9.17, 15) is 0 Å². The average molecular weight is 316 g/mol. The molecule has 0 aromatic heterocycles. The van der Waals surface area contributed by atoms with Gasteiger partial charge in [-0.15, -0.1) is 0 Å². The maximum atomic E-state index is 8.76. The number of hydrogen-bond acceptors (Lipinski definition) is 2. The number of rotatable bonds is 9. The molecule has 2 aromatic rings. The summed E-state index contributed by atoms with van der Waals surface area (Å²) in [5.41, 5.74) is 3.02. The molecule has 0 aliphatic carbocycles. The molecule has 2 heteroatoms. The minimum Gasteiger partial charge on any atom is -0.385 e. The number of hydrogen-bond donors (Lipinski definition) is 1. The monoisotopic (exact) mass is 316 g/mol. The zero-order chi connectivity index (χ0) is 16.9. The molecule has 2 rings (SSSR count). The van der Waals surface area contributed by atoms with Crippen molar-refractivity contribution >= 4 is 11.8 Å². The summed E-state index contributed by atoms with van der Waals surface area (Å²) >= 11 is 0. The highest BCUT2D eigenvalue weighted by Crippen LogP contribution is 2.09. The van der Waals surface area contributed by atoms with Crippen LogP contribution in [0.5, 0.6) is 0 Å². The van der Waals surface area contributed by atoms with Gasteiger partial charge in [0.1, 0.15) is 0 Å². The van der Waals surface area contributed by atoms with Crippen molar-refractivity contribution in [2.75, 3.05) is 11.9 Å². The smallest absolute Gasteiger partial charge is 0.0991 e. The Labute approximate surface area is 145 Å². The molecule has 0 radical (unpaired) electrons. The Balaban J connectivity index is 1.51. The van der Waals surface area contributed by atoms with Crippen LogP contribution in [0.1, 0.15) is 36.8 Å².